The highest BCUT2D eigenvalue weighted by atomic mass is 32.2. The molecule has 0 aromatic carbocycles. The molecule has 1 aromatic rings. The fourth-order valence-corrected chi connectivity index (χ4v) is 4.58. The van der Waals surface area contributed by atoms with Crippen molar-refractivity contribution in [2.24, 2.45) is 0 Å². The molecule has 20 heavy (non-hydrogen) atoms. The summed E-state index contributed by atoms with van der Waals surface area (Å²) in [5, 5.41) is 3.52. The van der Waals surface area contributed by atoms with Crippen LogP contribution in [0, 0.1) is 6.92 Å². The van der Waals surface area contributed by atoms with E-state index in [0.717, 1.165) is 13.0 Å². The molecule has 1 aliphatic heterocycles. The number of thioether (sulfide) groups is 1. The van der Waals surface area contributed by atoms with Crippen LogP contribution in [0.5, 0.6) is 0 Å². The van der Waals surface area contributed by atoms with E-state index in [-0.39, 0.29) is 18.1 Å². The first-order chi connectivity index (χ1) is 9.58. The van der Waals surface area contributed by atoms with Crippen molar-refractivity contribution in [3.05, 3.63) is 21.9 Å². The lowest BCUT2D eigenvalue weighted by molar-refractivity contribution is -0.130. The number of nitrogens with one attached hydrogen (secondary N) is 1. The summed E-state index contributed by atoms with van der Waals surface area (Å²) in [7, 11) is 0. The normalized spacial score (nSPS) is 28.1. The summed E-state index contributed by atoms with van der Waals surface area (Å²) < 4.78 is 0.324. The molecule has 2 fully saturated rings. The SMILES string of the molecule is CCC1NC(c2ccc(C)s2)N(CC2(SC)CC2)C1=O. The Morgan fingerprint density at radius 2 is 2.25 bits per heavy atom. The number of hydrogen-bond donors (Lipinski definition) is 1. The Morgan fingerprint density at radius 3 is 2.75 bits per heavy atom. The van der Waals surface area contributed by atoms with Gasteiger partial charge in [0.15, 0.2) is 0 Å². The maximum atomic E-state index is 12.6. The average Bonchev–Trinajstić information content (AvgIpc) is 2.99. The van der Waals surface area contributed by atoms with Crippen molar-refractivity contribution in [2.75, 3.05) is 12.8 Å². The molecule has 5 heteroatoms. The molecule has 3 nitrogen and oxygen atoms in total. The van der Waals surface area contributed by atoms with Crippen LogP contribution in [0.3, 0.4) is 0 Å². The van der Waals surface area contributed by atoms with E-state index in [0.29, 0.717) is 4.75 Å². The molecule has 0 spiro atoms. The molecule has 1 saturated carbocycles. The third-order valence-corrected chi connectivity index (χ3v) is 6.85. The molecule has 1 aliphatic carbocycles. The quantitative estimate of drug-likeness (QED) is 0.906. The Labute approximate surface area is 129 Å². The average molecular weight is 310 g/mol. The standard InChI is InChI=1S/C15H22N2OS2/c1-4-11-14(18)17(9-15(19-3)7-8-15)13(16-11)12-6-5-10(2)20-12/h5-6,11,13,16H,4,7-9H2,1-3H3. The second-order valence-corrected chi connectivity index (χ2v) is 8.43. The van der Waals surface area contributed by atoms with Crippen molar-refractivity contribution in [1.29, 1.82) is 0 Å². The Kier molecular flexibility index (Phi) is 3.86. The van der Waals surface area contributed by atoms with Gasteiger partial charge in [0.25, 0.3) is 0 Å². The molecular formula is C15H22N2OS2. The lowest BCUT2D eigenvalue weighted by Gasteiger charge is -2.27. The molecule has 3 rings (SSSR count). The van der Waals surface area contributed by atoms with Gasteiger partial charge in [-0.25, -0.2) is 0 Å². The molecule has 0 bridgehead atoms. The van der Waals surface area contributed by atoms with Crippen molar-refractivity contribution in [2.45, 2.75) is 50.1 Å². The summed E-state index contributed by atoms with van der Waals surface area (Å²) in [6, 6.07) is 4.29. The summed E-state index contributed by atoms with van der Waals surface area (Å²) in [6.07, 6.45) is 5.59. The highest BCUT2D eigenvalue weighted by molar-refractivity contribution is 8.00. The Morgan fingerprint density at radius 1 is 1.50 bits per heavy atom. The molecule has 2 heterocycles. The number of hydrogen-bond acceptors (Lipinski definition) is 4. The van der Waals surface area contributed by atoms with E-state index >= 15 is 0 Å². The molecule has 1 aromatic heterocycles. The molecule has 2 aliphatic rings. The lowest BCUT2D eigenvalue weighted by atomic mass is 10.2. The van der Waals surface area contributed by atoms with Gasteiger partial charge in [0.1, 0.15) is 6.17 Å². The van der Waals surface area contributed by atoms with E-state index in [4.69, 9.17) is 0 Å². The Bertz CT molecular complexity index is 510. The first-order valence-electron chi connectivity index (χ1n) is 7.26. The van der Waals surface area contributed by atoms with Gasteiger partial charge >= 0.3 is 0 Å². The number of rotatable bonds is 5. The van der Waals surface area contributed by atoms with Crippen molar-refractivity contribution in [3.63, 3.8) is 0 Å². The topological polar surface area (TPSA) is 32.3 Å². The zero-order valence-corrected chi connectivity index (χ0v) is 13.9. The van der Waals surface area contributed by atoms with Gasteiger partial charge in [-0.3, -0.25) is 10.1 Å². The van der Waals surface area contributed by atoms with Gasteiger partial charge in [-0.1, -0.05) is 6.92 Å². The van der Waals surface area contributed by atoms with Gasteiger partial charge < -0.3 is 4.90 Å². The minimum atomic E-state index is -0.0138. The van der Waals surface area contributed by atoms with Gasteiger partial charge in [-0.15, -0.1) is 11.3 Å². The van der Waals surface area contributed by atoms with Gasteiger partial charge in [0.05, 0.1) is 6.04 Å². The molecule has 2 atom stereocenters. The van der Waals surface area contributed by atoms with E-state index in [1.807, 2.05) is 11.8 Å². The van der Waals surface area contributed by atoms with Crippen molar-refractivity contribution in [3.8, 4) is 0 Å². The van der Waals surface area contributed by atoms with Gasteiger partial charge in [-0.05, 0) is 44.6 Å². The number of carbonyl (C=O) groups is 1. The zero-order valence-electron chi connectivity index (χ0n) is 12.3. The van der Waals surface area contributed by atoms with E-state index < -0.39 is 0 Å². The summed E-state index contributed by atoms with van der Waals surface area (Å²) in [5.74, 6) is 0.281. The predicted octanol–water partition coefficient (Wildman–Crippen LogP) is 3.16. The van der Waals surface area contributed by atoms with Crippen molar-refractivity contribution in [1.82, 2.24) is 10.2 Å². The first-order valence-corrected chi connectivity index (χ1v) is 9.31. The fraction of sp³-hybridized carbons (Fsp3) is 0.667. The smallest absolute Gasteiger partial charge is 0.241 e. The lowest BCUT2D eigenvalue weighted by Crippen LogP contribution is -2.37. The summed E-state index contributed by atoms with van der Waals surface area (Å²) in [4.78, 5) is 17.3. The van der Waals surface area contributed by atoms with Crippen LogP contribution in [-0.2, 0) is 4.79 Å². The van der Waals surface area contributed by atoms with E-state index in [2.05, 4.69) is 42.5 Å². The maximum absolute atomic E-state index is 12.6. The molecule has 0 radical (unpaired) electrons. The van der Waals surface area contributed by atoms with Crippen LogP contribution < -0.4 is 5.32 Å². The predicted molar refractivity (Wildman–Crippen MR) is 86.2 cm³/mol. The summed E-state index contributed by atoms with van der Waals surface area (Å²) in [5.41, 5.74) is 0. The van der Waals surface area contributed by atoms with Crippen LogP contribution in [0.15, 0.2) is 12.1 Å². The van der Waals surface area contributed by atoms with Crippen LogP contribution in [0.4, 0.5) is 0 Å². The van der Waals surface area contributed by atoms with Crippen LogP contribution in [0.1, 0.15) is 42.1 Å². The number of aryl methyl sites for hydroxylation is 1. The second-order valence-electron chi connectivity index (χ2n) is 5.83. The van der Waals surface area contributed by atoms with Crippen LogP contribution in [0.25, 0.3) is 0 Å². The molecular weight excluding hydrogens is 288 g/mol. The van der Waals surface area contributed by atoms with Gasteiger partial charge in [0.2, 0.25) is 5.91 Å². The van der Waals surface area contributed by atoms with Crippen LogP contribution in [-0.4, -0.2) is 34.4 Å². The van der Waals surface area contributed by atoms with E-state index in [9.17, 15) is 4.79 Å². The van der Waals surface area contributed by atoms with E-state index in [1.165, 1.54) is 22.6 Å². The van der Waals surface area contributed by atoms with E-state index in [1.54, 1.807) is 11.3 Å². The van der Waals surface area contributed by atoms with Crippen LogP contribution in [0.2, 0.25) is 0 Å². The van der Waals surface area contributed by atoms with Crippen molar-refractivity contribution >= 4 is 29.0 Å². The minimum absolute atomic E-state index is 0.0138. The third kappa shape index (κ3) is 2.51. The molecule has 1 saturated heterocycles. The molecule has 1 N–H and O–H groups in total. The second kappa shape index (κ2) is 5.35. The highest BCUT2D eigenvalue weighted by Crippen LogP contribution is 2.49. The summed E-state index contributed by atoms with van der Waals surface area (Å²) >= 11 is 3.71. The number of amides is 1. The third-order valence-electron chi connectivity index (χ3n) is 4.39. The number of nitrogens with zero attached hydrogens (tertiary/aromatic N) is 1. The van der Waals surface area contributed by atoms with Gasteiger partial charge in [-0.2, -0.15) is 11.8 Å². The molecule has 1 amide bonds. The monoisotopic (exact) mass is 310 g/mol. The largest absolute Gasteiger partial charge is 0.319 e. The Balaban J connectivity index is 1.84. The molecule has 2 unspecified atom stereocenters. The Hall–Kier alpha value is -0.520. The number of thiophene rings is 1. The minimum Gasteiger partial charge on any atom is -0.319 e. The van der Waals surface area contributed by atoms with Gasteiger partial charge in [0, 0.05) is 21.0 Å². The van der Waals surface area contributed by atoms with Crippen LogP contribution >= 0.6 is 23.1 Å². The number of carbonyl (C=O) groups excluding carboxylic acids is 1. The summed E-state index contributed by atoms with van der Waals surface area (Å²) in [6.45, 7) is 5.09. The first kappa shape index (κ1) is 14.4. The fourth-order valence-electron chi connectivity index (χ4n) is 2.85. The highest BCUT2D eigenvalue weighted by Gasteiger charge is 2.49. The maximum Gasteiger partial charge on any atom is 0.241 e. The molecule has 110 valence electrons. The van der Waals surface area contributed by atoms with Crippen molar-refractivity contribution < 1.29 is 4.79 Å². The zero-order chi connectivity index (χ0) is 14.3.